The first-order valence-electron chi connectivity index (χ1n) is 7.27. The lowest BCUT2D eigenvalue weighted by atomic mass is 10.1. The van der Waals surface area contributed by atoms with Gasteiger partial charge in [0.25, 0.3) is 5.91 Å². The molecule has 1 amide bonds. The van der Waals surface area contributed by atoms with Crippen molar-refractivity contribution in [2.24, 2.45) is 0 Å². The van der Waals surface area contributed by atoms with E-state index < -0.39 is 0 Å². The molecule has 4 nitrogen and oxygen atoms in total. The average molecular weight is 277 g/mol. The molecule has 0 spiro atoms. The summed E-state index contributed by atoms with van der Waals surface area (Å²) in [6.45, 7) is 0. The topological polar surface area (TPSA) is 47.6 Å². The van der Waals surface area contributed by atoms with Crippen LogP contribution in [0.5, 0.6) is 11.5 Å². The van der Waals surface area contributed by atoms with E-state index in [1.54, 1.807) is 32.4 Å². The molecule has 110 valence electrons. The number of nitrogens with one attached hydrogen (secondary N) is 1. The highest BCUT2D eigenvalue weighted by molar-refractivity contribution is 5.97. The monoisotopic (exact) mass is 277 g/mol. The maximum Gasteiger partial charge on any atom is 0.255 e. The fraction of sp³-hybridized carbons (Fsp3) is 0.562. The van der Waals surface area contributed by atoms with Crippen molar-refractivity contribution in [3.8, 4) is 11.5 Å². The molecule has 0 radical (unpaired) electrons. The Morgan fingerprint density at radius 2 is 1.80 bits per heavy atom. The molecule has 1 saturated carbocycles. The van der Waals surface area contributed by atoms with Crippen LogP contribution in [0.3, 0.4) is 0 Å². The van der Waals surface area contributed by atoms with Crippen LogP contribution in [-0.4, -0.2) is 26.2 Å². The third kappa shape index (κ3) is 3.65. The zero-order valence-electron chi connectivity index (χ0n) is 12.3. The first-order chi connectivity index (χ1) is 9.74. The first-order valence-corrected chi connectivity index (χ1v) is 7.27. The number of carbonyl (C=O) groups excluding carboxylic acids is 1. The minimum Gasteiger partial charge on any atom is -0.497 e. The number of hydrogen-bond donors (Lipinski definition) is 1. The van der Waals surface area contributed by atoms with Gasteiger partial charge in [-0.2, -0.15) is 0 Å². The number of hydrogen-bond acceptors (Lipinski definition) is 3. The van der Waals surface area contributed by atoms with Gasteiger partial charge in [0.05, 0.1) is 19.8 Å². The van der Waals surface area contributed by atoms with E-state index in [1.807, 2.05) is 0 Å². The van der Waals surface area contributed by atoms with Gasteiger partial charge < -0.3 is 14.8 Å². The summed E-state index contributed by atoms with van der Waals surface area (Å²) in [7, 11) is 3.16. The molecule has 1 aliphatic rings. The summed E-state index contributed by atoms with van der Waals surface area (Å²) >= 11 is 0. The fourth-order valence-corrected chi connectivity index (χ4v) is 2.67. The molecule has 0 heterocycles. The maximum absolute atomic E-state index is 12.4. The van der Waals surface area contributed by atoms with Crippen LogP contribution in [0.2, 0.25) is 0 Å². The number of amides is 1. The lowest BCUT2D eigenvalue weighted by molar-refractivity contribution is 0.0930. The van der Waals surface area contributed by atoms with Crippen LogP contribution in [-0.2, 0) is 0 Å². The first kappa shape index (κ1) is 14.7. The molecular weight excluding hydrogens is 254 g/mol. The van der Waals surface area contributed by atoms with Crippen LogP contribution < -0.4 is 14.8 Å². The Kier molecular flexibility index (Phi) is 5.27. The molecule has 0 aliphatic heterocycles. The molecule has 1 fully saturated rings. The molecule has 1 aromatic carbocycles. The second-order valence-corrected chi connectivity index (χ2v) is 5.23. The minimum atomic E-state index is -0.0589. The molecule has 0 bridgehead atoms. The zero-order chi connectivity index (χ0) is 14.4. The Labute approximate surface area is 120 Å². The van der Waals surface area contributed by atoms with Crippen molar-refractivity contribution in [3.63, 3.8) is 0 Å². The van der Waals surface area contributed by atoms with Gasteiger partial charge in [0.1, 0.15) is 11.5 Å². The predicted molar refractivity (Wildman–Crippen MR) is 78.5 cm³/mol. The van der Waals surface area contributed by atoms with Crippen molar-refractivity contribution in [2.75, 3.05) is 14.2 Å². The van der Waals surface area contributed by atoms with E-state index in [2.05, 4.69) is 5.32 Å². The Balaban J connectivity index is 2.07. The summed E-state index contributed by atoms with van der Waals surface area (Å²) < 4.78 is 10.4. The quantitative estimate of drug-likeness (QED) is 0.860. The van der Waals surface area contributed by atoms with Gasteiger partial charge in [-0.1, -0.05) is 25.7 Å². The molecule has 0 unspecified atom stereocenters. The van der Waals surface area contributed by atoms with Crippen molar-refractivity contribution in [3.05, 3.63) is 23.8 Å². The van der Waals surface area contributed by atoms with Gasteiger partial charge in [0, 0.05) is 12.1 Å². The summed E-state index contributed by atoms with van der Waals surface area (Å²) in [5.41, 5.74) is 0.567. The van der Waals surface area contributed by atoms with E-state index in [4.69, 9.17) is 9.47 Å². The van der Waals surface area contributed by atoms with Crippen LogP contribution in [0.1, 0.15) is 48.9 Å². The van der Waals surface area contributed by atoms with E-state index in [9.17, 15) is 4.79 Å². The van der Waals surface area contributed by atoms with Crippen molar-refractivity contribution in [1.29, 1.82) is 0 Å². The maximum atomic E-state index is 12.4. The molecule has 4 heteroatoms. The predicted octanol–water partition coefficient (Wildman–Crippen LogP) is 3.16. The Morgan fingerprint density at radius 1 is 1.10 bits per heavy atom. The number of benzene rings is 1. The Morgan fingerprint density at radius 3 is 2.40 bits per heavy atom. The van der Waals surface area contributed by atoms with E-state index >= 15 is 0 Å². The van der Waals surface area contributed by atoms with Gasteiger partial charge in [-0.05, 0) is 25.0 Å². The van der Waals surface area contributed by atoms with E-state index in [-0.39, 0.29) is 11.9 Å². The minimum absolute atomic E-state index is 0.0589. The third-order valence-electron chi connectivity index (χ3n) is 3.84. The highest BCUT2D eigenvalue weighted by Gasteiger charge is 2.18. The Bertz CT molecular complexity index is 451. The summed E-state index contributed by atoms with van der Waals surface area (Å²) in [4.78, 5) is 12.4. The summed E-state index contributed by atoms with van der Waals surface area (Å²) in [6, 6.07) is 5.56. The smallest absolute Gasteiger partial charge is 0.255 e. The average Bonchev–Trinajstić information content (AvgIpc) is 2.75. The highest BCUT2D eigenvalue weighted by Crippen LogP contribution is 2.25. The van der Waals surface area contributed by atoms with E-state index in [1.165, 1.54) is 25.7 Å². The van der Waals surface area contributed by atoms with Gasteiger partial charge in [-0.15, -0.1) is 0 Å². The fourth-order valence-electron chi connectivity index (χ4n) is 2.67. The molecule has 2 rings (SSSR count). The summed E-state index contributed by atoms with van der Waals surface area (Å²) in [6.07, 6.45) is 7.10. The van der Waals surface area contributed by atoms with E-state index in [0.29, 0.717) is 17.1 Å². The van der Waals surface area contributed by atoms with Gasteiger partial charge in [-0.3, -0.25) is 4.79 Å². The van der Waals surface area contributed by atoms with Crippen LogP contribution in [0.25, 0.3) is 0 Å². The SMILES string of the molecule is COc1ccc(C(=O)NC2CCCCCC2)c(OC)c1. The van der Waals surface area contributed by atoms with Crippen molar-refractivity contribution < 1.29 is 14.3 Å². The van der Waals surface area contributed by atoms with Crippen LogP contribution in [0.4, 0.5) is 0 Å². The normalized spacial score (nSPS) is 16.3. The van der Waals surface area contributed by atoms with Crippen molar-refractivity contribution >= 4 is 5.91 Å². The number of ether oxygens (including phenoxy) is 2. The second kappa shape index (κ2) is 7.17. The zero-order valence-corrected chi connectivity index (χ0v) is 12.3. The lowest BCUT2D eigenvalue weighted by Gasteiger charge is -2.17. The van der Waals surface area contributed by atoms with Crippen LogP contribution in [0.15, 0.2) is 18.2 Å². The van der Waals surface area contributed by atoms with Gasteiger partial charge in [-0.25, -0.2) is 0 Å². The van der Waals surface area contributed by atoms with Gasteiger partial charge in [0.2, 0.25) is 0 Å². The Hall–Kier alpha value is -1.71. The van der Waals surface area contributed by atoms with Crippen molar-refractivity contribution in [1.82, 2.24) is 5.32 Å². The molecule has 0 aromatic heterocycles. The van der Waals surface area contributed by atoms with E-state index in [0.717, 1.165) is 12.8 Å². The molecular formula is C16H23NO3. The largest absolute Gasteiger partial charge is 0.497 e. The van der Waals surface area contributed by atoms with Crippen molar-refractivity contribution in [2.45, 2.75) is 44.6 Å². The molecule has 1 aliphatic carbocycles. The molecule has 20 heavy (non-hydrogen) atoms. The second-order valence-electron chi connectivity index (χ2n) is 5.23. The molecule has 1 N–H and O–H groups in total. The summed E-state index contributed by atoms with van der Waals surface area (Å²) in [5.74, 6) is 1.18. The third-order valence-corrected chi connectivity index (χ3v) is 3.84. The standard InChI is InChI=1S/C16H23NO3/c1-19-13-9-10-14(15(11-13)20-2)16(18)17-12-7-5-3-4-6-8-12/h9-12H,3-8H2,1-2H3,(H,17,18). The number of rotatable bonds is 4. The highest BCUT2D eigenvalue weighted by atomic mass is 16.5. The molecule has 1 aromatic rings. The number of carbonyl (C=O) groups is 1. The lowest BCUT2D eigenvalue weighted by Crippen LogP contribution is -2.34. The van der Waals surface area contributed by atoms with Gasteiger partial charge in [0.15, 0.2) is 0 Å². The van der Waals surface area contributed by atoms with Crippen LogP contribution in [0, 0.1) is 0 Å². The van der Waals surface area contributed by atoms with Gasteiger partial charge >= 0.3 is 0 Å². The summed E-state index contributed by atoms with van der Waals surface area (Å²) in [5, 5.41) is 3.13. The number of methoxy groups -OCH3 is 2. The van der Waals surface area contributed by atoms with Crippen LogP contribution >= 0.6 is 0 Å². The molecule has 0 saturated heterocycles. The molecule has 0 atom stereocenters.